The zero-order valence-corrected chi connectivity index (χ0v) is 32.5. The summed E-state index contributed by atoms with van der Waals surface area (Å²) in [5, 5.41) is 8.22. The van der Waals surface area contributed by atoms with Crippen LogP contribution in [0, 0.1) is 5.82 Å². The Morgan fingerprint density at radius 3 is 2.18 bits per heavy atom. The Bertz CT molecular complexity index is 1790. The van der Waals surface area contributed by atoms with E-state index in [4.69, 9.17) is 20.9 Å². The molecule has 13 heteroatoms. The van der Waals surface area contributed by atoms with Crippen LogP contribution in [0.15, 0.2) is 54.6 Å². The van der Waals surface area contributed by atoms with Crippen LogP contribution in [-0.4, -0.2) is 80.5 Å². The van der Waals surface area contributed by atoms with E-state index in [1.807, 2.05) is 25.1 Å². The number of nitrogens with one attached hydrogen (secondary N) is 3. The summed E-state index contributed by atoms with van der Waals surface area (Å²) < 4.78 is 27.2. The fourth-order valence-electron chi connectivity index (χ4n) is 6.64. The number of likely N-dealkylation sites (N-methyl/N-ethyl adjacent to an activating group) is 1. The van der Waals surface area contributed by atoms with E-state index >= 15 is 4.39 Å². The minimum atomic E-state index is -1.25. The van der Waals surface area contributed by atoms with Crippen LogP contribution in [0.3, 0.4) is 0 Å². The number of rotatable bonds is 17. The Labute approximate surface area is 323 Å². The summed E-state index contributed by atoms with van der Waals surface area (Å²) in [6, 6.07) is 12.8. The smallest absolute Gasteiger partial charge is 0.254 e. The van der Waals surface area contributed by atoms with E-state index in [2.05, 4.69) is 22.9 Å². The van der Waals surface area contributed by atoms with Gasteiger partial charge in [0.05, 0.1) is 12.1 Å². The molecule has 3 atom stereocenters. The third-order valence-electron chi connectivity index (χ3n) is 9.61. The molecule has 1 heterocycles. The largest absolute Gasteiger partial charge is 0.492 e. The Morgan fingerprint density at radius 1 is 0.855 bits per heavy atom. The van der Waals surface area contributed by atoms with Gasteiger partial charge in [0, 0.05) is 37.3 Å². The average Bonchev–Trinajstić information content (AvgIpc) is 3.16. The first-order valence-electron chi connectivity index (χ1n) is 19.3. The maximum absolute atomic E-state index is 15.1. The van der Waals surface area contributed by atoms with Gasteiger partial charge < -0.3 is 41.8 Å². The number of carbonyl (C=O) groups is 4. The fourth-order valence-corrected chi connectivity index (χ4v) is 6.64. The SMILES string of the molecule is CCCCCCCCc1ccc(C(=O)NCC(=O)N(C)C2C(=O)N[C@@H](C)C(=O)NC(C)Cc3ccc(OCCN)c(c3)-c3cc2ccc3OCCN)c(F)c1. The van der Waals surface area contributed by atoms with Gasteiger partial charge in [-0.2, -0.15) is 0 Å². The monoisotopic (exact) mass is 760 g/mol. The van der Waals surface area contributed by atoms with Crippen LogP contribution in [0.25, 0.3) is 11.1 Å². The Balaban J connectivity index is 1.63. The summed E-state index contributed by atoms with van der Waals surface area (Å²) >= 11 is 0. The Kier molecular flexibility index (Phi) is 16.5. The van der Waals surface area contributed by atoms with Crippen molar-refractivity contribution in [2.45, 2.75) is 90.3 Å². The summed E-state index contributed by atoms with van der Waals surface area (Å²) in [5.41, 5.74) is 14.7. The summed E-state index contributed by atoms with van der Waals surface area (Å²) in [6.45, 7) is 6.09. The van der Waals surface area contributed by atoms with Crippen molar-refractivity contribution in [2.24, 2.45) is 11.5 Å². The number of benzene rings is 3. The summed E-state index contributed by atoms with van der Waals surface area (Å²) in [7, 11) is 1.43. The number of hydrogen-bond donors (Lipinski definition) is 5. The van der Waals surface area contributed by atoms with Crippen molar-refractivity contribution < 1.29 is 33.0 Å². The van der Waals surface area contributed by atoms with Gasteiger partial charge in [-0.15, -0.1) is 0 Å². The summed E-state index contributed by atoms with van der Waals surface area (Å²) in [5.74, 6) is -2.07. The van der Waals surface area contributed by atoms with Crippen LogP contribution in [0.2, 0.25) is 0 Å². The molecule has 2 unspecified atom stereocenters. The van der Waals surface area contributed by atoms with Gasteiger partial charge in [-0.1, -0.05) is 57.2 Å². The number of fused-ring (bicyclic) bond motifs is 5. The van der Waals surface area contributed by atoms with Crippen molar-refractivity contribution >= 4 is 23.6 Å². The third-order valence-corrected chi connectivity index (χ3v) is 9.61. The topological polar surface area (TPSA) is 178 Å². The number of ether oxygens (including phenoxy) is 2. The van der Waals surface area contributed by atoms with Crippen molar-refractivity contribution in [3.63, 3.8) is 0 Å². The van der Waals surface area contributed by atoms with Crippen molar-refractivity contribution in [1.82, 2.24) is 20.9 Å². The molecule has 0 radical (unpaired) electrons. The molecule has 0 saturated carbocycles. The molecule has 12 nitrogen and oxygen atoms in total. The maximum atomic E-state index is 15.1. The molecule has 0 saturated heterocycles. The number of carbonyl (C=O) groups excluding carboxylic acids is 4. The molecule has 0 aliphatic carbocycles. The highest BCUT2D eigenvalue weighted by Gasteiger charge is 2.32. The van der Waals surface area contributed by atoms with Gasteiger partial charge in [-0.3, -0.25) is 19.2 Å². The molecule has 0 aromatic heterocycles. The predicted octanol–water partition coefficient (Wildman–Crippen LogP) is 4.57. The molecule has 4 rings (SSSR count). The predicted molar refractivity (Wildman–Crippen MR) is 211 cm³/mol. The van der Waals surface area contributed by atoms with Crippen LogP contribution in [0.1, 0.15) is 92.4 Å². The van der Waals surface area contributed by atoms with Gasteiger partial charge in [0.2, 0.25) is 17.7 Å². The highest BCUT2D eigenvalue weighted by atomic mass is 19.1. The molecule has 0 spiro atoms. The van der Waals surface area contributed by atoms with Gasteiger partial charge >= 0.3 is 0 Å². The minimum Gasteiger partial charge on any atom is -0.492 e. The van der Waals surface area contributed by atoms with Crippen molar-refractivity contribution in [3.8, 4) is 22.6 Å². The van der Waals surface area contributed by atoms with Crippen LogP contribution in [-0.2, 0) is 27.2 Å². The van der Waals surface area contributed by atoms with E-state index in [0.717, 1.165) is 30.4 Å². The number of unbranched alkanes of at least 4 members (excludes halogenated alkanes) is 5. The number of halogens is 1. The first-order valence-corrected chi connectivity index (χ1v) is 19.3. The lowest BCUT2D eigenvalue weighted by atomic mass is 9.94. The normalized spacial score (nSPS) is 17.0. The van der Waals surface area contributed by atoms with Crippen molar-refractivity contribution in [3.05, 3.63) is 82.7 Å². The number of nitrogens with zero attached hydrogens (tertiary/aromatic N) is 1. The number of aryl methyl sites for hydroxylation is 1. The van der Waals surface area contributed by atoms with Crippen LogP contribution < -0.4 is 36.9 Å². The highest BCUT2D eigenvalue weighted by Crippen LogP contribution is 2.40. The molecule has 3 aromatic carbocycles. The second-order valence-corrected chi connectivity index (χ2v) is 14.1. The van der Waals surface area contributed by atoms with E-state index < -0.39 is 48.1 Å². The van der Waals surface area contributed by atoms with Gasteiger partial charge in [-0.05, 0) is 86.2 Å². The quantitative estimate of drug-likeness (QED) is 0.124. The molecule has 7 N–H and O–H groups in total. The van der Waals surface area contributed by atoms with E-state index in [0.29, 0.717) is 41.0 Å². The molecule has 1 aliphatic rings. The van der Waals surface area contributed by atoms with Crippen LogP contribution in [0.4, 0.5) is 4.39 Å². The molecule has 55 heavy (non-hydrogen) atoms. The van der Waals surface area contributed by atoms with E-state index in [-0.39, 0.29) is 37.9 Å². The van der Waals surface area contributed by atoms with Gasteiger partial charge in [-0.25, -0.2) is 4.39 Å². The molecular weight excluding hydrogens is 703 g/mol. The lowest BCUT2D eigenvalue weighted by Crippen LogP contribution is -2.52. The minimum absolute atomic E-state index is 0.181. The number of amides is 4. The second-order valence-electron chi connectivity index (χ2n) is 14.1. The van der Waals surface area contributed by atoms with Gasteiger partial charge in [0.25, 0.3) is 5.91 Å². The zero-order chi connectivity index (χ0) is 39.9. The lowest BCUT2D eigenvalue weighted by molar-refractivity contribution is -0.139. The summed E-state index contributed by atoms with van der Waals surface area (Å²) in [6.07, 6.45) is 7.93. The first kappa shape index (κ1) is 42.7. The molecule has 3 aromatic rings. The zero-order valence-electron chi connectivity index (χ0n) is 32.5. The average molecular weight is 761 g/mol. The molecular formula is C42H57FN6O6. The second kappa shape index (κ2) is 21.2. The molecule has 1 aliphatic heterocycles. The van der Waals surface area contributed by atoms with Crippen molar-refractivity contribution in [1.29, 1.82) is 0 Å². The Morgan fingerprint density at radius 2 is 1.51 bits per heavy atom. The van der Waals surface area contributed by atoms with Crippen LogP contribution >= 0.6 is 0 Å². The molecule has 0 fully saturated rings. The third kappa shape index (κ3) is 12.0. The van der Waals surface area contributed by atoms with Gasteiger partial charge in [0.1, 0.15) is 42.6 Å². The van der Waals surface area contributed by atoms with Crippen molar-refractivity contribution in [2.75, 3.05) is 39.9 Å². The standard InChI is InChI=1S/C42H57FN6O6/c1-5-6-7-8-9-10-11-29-12-15-32(35(43)24-29)41(52)46-26-38(50)49(4)39-31-14-17-37(55-21-19-45)34(25-31)33-23-30(13-16-36(33)54-20-18-44)22-27(2)47-40(51)28(3)48-42(39)53/h12-17,23-25,27-28,39H,5-11,18-22,26,44-45H2,1-4H3,(H,46,52)(H,47,51)(H,48,53)/t27?,28-,39?/m0/s1. The fraction of sp³-hybridized carbons (Fsp3) is 0.476. The molecule has 4 bridgehead atoms. The van der Waals surface area contributed by atoms with Gasteiger partial charge in [0.15, 0.2) is 0 Å². The molecule has 4 amide bonds. The highest BCUT2D eigenvalue weighted by molar-refractivity contribution is 5.98. The Hall–Kier alpha value is -5.01. The van der Waals surface area contributed by atoms with E-state index in [1.165, 1.54) is 43.3 Å². The number of hydrogen-bond acceptors (Lipinski definition) is 8. The first-order chi connectivity index (χ1) is 26.5. The molecule has 298 valence electrons. The van der Waals surface area contributed by atoms with Crippen LogP contribution in [0.5, 0.6) is 11.5 Å². The lowest BCUT2D eigenvalue weighted by Gasteiger charge is -2.30. The maximum Gasteiger partial charge on any atom is 0.254 e. The summed E-state index contributed by atoms with van der Waals surface area (Å²) in [4.78, 5) is 55.3. The van der Waals surface area contributed by atoms with E-state index in [1.54, 1.807) is 31.2 Å². The van der Waals surface area contributed by atoms with E-state index in [9.17, 15) is 19.2 Å². The number of nitrogens with two attached hydrogens (primary N) is 2.